The van der Waals surface area contributed by atoms with E-state index in [9.17, 15) is 4.79 Å². The first-order valence-corrected chi connectivity index (χ1v) is 6.08. The summed E-state index contributed by atoms with van der Waals surface area (Å²) in [5.41, 5.74) is 1.23. The third-order valence-electron chi connectivity index (χ3n) is 2.59. The lowest BCUT2D eigenvalue weighted by molar-refractivity contribution is 0.101. The van der Waals surface area contributed by atoms with Gasteiger partial charge in [0.15, 0.2) is 0 Å². The molecule has 0 aliphatic heterocycles. The number of hydrogen-bond acceptors (Lipinski definition) is 4. The number of halogens is 1. The van der Waals surface area contributed by atoms with Crippen LogP contribution in [0, 0.1) is 0 Å². The van der Waals surface area contributed by atoms with Crippen LogP contribution in [0.5, 0.6) is 0 Å². The van der Waals surface area contributed by atoms with Crippen molar-refractivity contribution >= 4 is 23.2 Å². The normalized spacial score (nSPS) is 10.4. The maximum absolute atomic E-state index is 12.0. The molecule has 1 aromatic carbocycles. The average molecular weight is 289 g/mol. The van der Waals surface area contributed by atoms with Gasteiger partial charge in [-0.1, -0.05) is 11.6 Å². The summed E-state index contributed by atoms with van der Waals surface area (Å²) in [4.78, 5) is 15.8. The molecule has 20 heavy (non-hydrogen) atoms. The summed E-state index contributed by atoms with van der Waals surface area (Å²) in [6, 6.07) is 6.93. The van der Waals surface area contributed by atoms with Crippen LogP contribution in [0.2, 0.25) is 5.02 Å². The standard InChI is InChI=1S/C12H9ClN6O/c13-8-2-3-10(19-5-1-4-16-19)9(6-8)17-12(20)11-14-7-15-18-11/h1-7H,(H,17,20)(H,14,15,18). The molecule has 0 bridgehead atoms. The number of carbonyl (C=O) groups excluding carboxylic acids is 1. The second-order valence-corrected chi connectivity index (χ2v) is 4.34. The molecule has 3 aromatic rings. The Balaban J connectivity index is 1.96. The summed E-state index contributed by atoms with van der Waals surface area (Å²) in [7, 11) is 0. The van der Waals surface area contributed by atoms with Gasteiger partial charge in [-0.3, -0.25) is 9.89 Å². The number of amides is 1. The van der Waals surface area contributed by atoms with Crippen molar-refractivity contribution in [2.75, 3.05) is 5.32 Å². The molecule has 100 valence electrons. The SMILES string of the molecule is O=C(Nc1cc(Cl)ccc1-n1cccn1)c1ncn[nH]1. The van der Waals surface area contributed by atoms with Crippen LogP contribution < -0.4 is 5.32 Å². The van der Waals surface area contributed by atoms with Gasteiger partial charge in [0.1, 0.15) is 6.33 Å². The number of H-pyrrole nitrogens is 1. The fourth-order valence-corrected chi connectivity index (χ4v) is 1.89. The van der Waals surface area contributed by atoms with E-state index in [1.54, 1.807) is 41.3 Å². The van der Waals surface area contributed by atoms with Crippen molar-refractivity contribution in [3.05, 3.63) is 53.8 Å². The van der Waals surface area contributed by atoms with Gasteiger partial charge in [0.25, 0.3) is 5.91 Å². The molecule has 0 atom stereocenters. The topological polar surface area (TPSA) is 88.5 Å². The van der Waals surface area contributed by atoms with Gasteiger partial charge >= 0.3 is 0 Å². The second kappa shape index (κ2) is 5.14. The number of aromatic amines is 1. The highest BCUT2D eigenvalue weighted by Crippen LogP contribution is 2.24. The van der Waals surface area contributed by atoms with Gasteiger partial charge in [0, 0.05) is 17.4 Å². The maximum atomic E-state index is 12.0. The van der Waals surface area contributed by atoms with E-state index in [-0.39, 0.29) is 5.82 Å². The number of nitrogens with one attached hydrogen (secondary N) is 2. The van der Waals surface area contributed by atoms with E-state index in [4.69, 9.17) is 11.6 Å². The van der Waals surface area contributed by atoms with Crippen LogP contribution in [-0.4, -0.2) is 30.9 Å². The van der Waals surface area contributed by atoms with E-state index < -0.39 is 5.91 Å². The fraction of sp³-hybridized carbons (Fsp3) is 0. The summed E-state index contributed by atoms with van der Waals surface area (Å²) in [5, 5.41) is 13.5. The Bertz CT molecular complexity index is 723. The van der Waals surface area contributed by atoms with Gasteiger partial charge in [0.05, 0.1) is 11.4 Å². The third-order valence-corrected chi connectivity index (χ3v) is 2.82. The van der Waals surface area contributed by atoms with Crippen LogP contribution in [0.25, 0.3) is 5.69 Å². The largest absolute Gasteiger partial charge is 0.317 e. The molecular weight excluding hydrogens is 280 g/mol. The van der Waals surface area contributed by atoms with Crippen molar-refractivity contribution in [1.29, 1.82) is 0 Å². The molecule has 8 heteroatoms. The summed E-state index contributed by atoms with van der Waals surface area (Å²) in [6.45, 7) is 0. The highest BCUT2D eigenvalue weighted by atomic mass is 35.5. The van der Waals surface area contributed by atoms with E-state index in [1.165, 1.54) is 6.33 Å². The Hall–Kier alpha value is -2.67. The minimum Gasteiger partial charge on any atom is -0.317 e. The lowest BCUT2D eigenvalue weighted by Gasteiger charge is -2.10. The smallest absolute Gasteiger partial charge is 0.293 e. The number of benzene rings is 1. The zero-order chi connectivity index (χ0) is 13.9. The quantitative estimate of drug-likeness (QED) is 0.770. The molecule has 0 radical (unpaired) electrons. The number of hydrogen-bond donors (Lipinski definition) is 2. The fourth-order valence-electron chi connectivity index (χ4n) is 1.72. The summed E-state index contributed by atoms with van der Waals surface area (Å²) in [5.74, 6) is -0.283. The molecule has 0 fully saturated rings. The number of carbonyl (C=O) groups is 1. The van der Waals surface area contributed by atoms with Gasteiger partial charge in [-0.15, -0.1) is 0 Å². The van der Waals surface area contributed by atoms with Gasteiger partial charge in [0.2, 0.25) is 5.82 Å². The van der Waals surface area contributed by atoms with Crippen LogP contribution in [0.3, 0.4) is 0 Å². The molecule has 0 spiro atoms. The first-order chi connectivity index (χ1) is 9.74. The zero-order valence-corrected chi connectivity index (χ0v) is 10.9. The van der Waals surface area contributed by atoms with Crippen molar-refractivity contribution in [3.63, 3.8) is 0 Å². The molecule has 7 nitrogen and oxygen atoms in total. The first kappa shape index (κ1) is 12.4. The summed E-state index contributed by atoms with van der Waals surface area (Å²) in [6.07, 6.45) is 4.69. The zero-order valence-electron chi connectivity index (χ0n) is 10.1. The minimum atomic E-state index is -0.404. The Kier molecular flexibility index (Phi) is 3.18. The van der Waals surface area contributed by atoms with Crippen LogP contribution in [0.4, 0.5) is 5.69 Å². The first-order valence-electron chi connectivity index (χ1n) is 5.70. The summed E-state index contributed by atoms with van der Waals surface area (Å²) < 4.78 is 1.63. The average Bonchev–Trinajstić information content (AvgIpc) is 3.12. The van der Waals surface area contributed by atoms with Crippen molar-refractivity contribution in [1.82, 2.24) is 25.0 Å². The maximum Gasteiger partial charge on any atom is 0.293 e. The summed E-state index contributed by atoms with van der Waals surface area (Å²) >= 11 is 5.97. The lowest BCUT2D eigenvalue weighted by Crippen LogP contribution is -2.15. The van der Waals surface area contributed by atoms with Crippen molar-refractivity contribution in [3.8, 4) is 5.69 Å². The van der Waals surface area contributed by atoms with Crippen LogP contribution in [0.1, 0.15) is 10.6 Å². The van der Waals surface area contributed by atoms with Crippen molar-refractivity contribution in [2.45, 2.75) is 0 Å². The number of anilines is 1. The van der Waals surface area contributed by atoms with Gasteiger partial charge < -0.3 is 5.32 Å². The highest BCUT2D eigenvalue weighted by Gasteiger charge is 2.13. The van der Waals surface area contributed by atoms with E-state index in [1.807, 2.05) is 0 Å². The number of aromatic nitrogens is 5. The molecule has 2 aromatic heterocycles. The molecule has 0 aliphatic rings. The molecule has 0 aliphatic carbocycles. The molecule has 0 unspecified atom stereocenters. The molecular formula is C12H9ClN6O. The minimum absolute atomic E-state index is 0.122. The molecule has 2 N–H and O–H groups in total. The van der Waals surface area contributed by atoms with E-state index in [0.717, 1.165) is 0 Å². The molecule has 0 saturated carbocycles. The molecule has 1 amide bonds. The predicted octanol–water partition coefficient (Wildman–Crippen LogP) is 1.90. The van der Waals surface area contributed by atoms with Crippen LogP contribution in [-0.2, 0) is 0 Å². The van der Waals surface area contributed by atoms with E-state index >= 15 is 0 Å². The molecule has 2 heterocycles. The second-order valence-electron chi connectivity index (χ2n) is 3.90. The van der Waals surface area contributed by atoms with Gasteiger partial charge in [-0.2, -0.15) is 10.2 Å². The Morgan fingerprint density at radius 1 is 1.40 bits per heavy atom. The Morgan fingerprint density at radius 2 is 2.30 bits per heavy atom. The third kappa shape index (κ3) is 2.39. The highest BCUT2D eigenvalue weighted by molar-refractivity contribution is 6.31. The van der Waals surface area contributed by atoms with Crippen molar-refractivity contribution < 1.29 is 4.79 Å². The van der Waals surface area contributed by atoms with Crippen LogP contribution >= 0.6 is 11.6 Å². The predicted molar refractivity (Wildman–Crippen MR) is 72.9 cm³/mol. The van der Waals surface area contributed by atoms with E-state index in [2.05, 4.69) is 25.6 Å². The lowest BCUT2D eigenvalue weighted by atomic mass is 10.2. The number of nitrogens with zero attached hydrogens (tertiary/aromatic N) is 4. The Labute approximate surface area is 118 Å². The van der Waals surface area contributed by atoms with Crippen molar-refractivity contribution in [2.24, 2.45) is 0 Å². The monoisotopic (exact) mass is 288 g/mol. The number of rotatable bonds is 3. The molecule has 0 saturated heterocycles. The Morgan fingerprint density at radius 3 is 3.00 bits per heavy atom. The van der Waals surface area contributed by atoms with Gasteiger partial charge in [-0.25, -0.2) is 9.67 Å². The van der Waals surface area contributed by atoms with Gasteiger partial charge in [-0.05, 0) is 24.3 Å². The van der Waals surface area contributed by atoms with Crippen LogP contribution in [0.15, 0.2) is 43.0 Å². The molecule has 3 rings (SSSR count). The van der Waals surface area contributed by atoms with E-state index in [0.29, 0.717) is 16.4 Å².